The molecule has 0 aromatic carbocycles. The molecule has 12 nitrogen and oxygen atoms in total. The highest BCUT2D eigenvalue weighted by Crippen LogP contribution is 2.33. The Hall–Kier alpha value is -0.480. The van der Waals surface area contributed by atoms with E-state index in [4.69, 9.17) is 28.4 Å². The van der Waals surface area contributed by atoms with E-state index in [-0.39, 0.29) is 0 Å². The van der Waals surface area contributed by atoms with Crippen LogP contribution in [-0.4, -0.2) is 130 Å². The molecule has 13 unspecified atom stereocenters. The summed E-state index contributed by atoms with van der Waals surface area (Å²) in [5.41, 5.74) is 0. The van der Waals surface area contributed by atoms with E-state index >= 15 is 0 Å². The highest BCUT2D eigenvalue weighted by Gasteiger charge is 2.50. The van der Waals surface area contributed by atoms with E-state index in [0.717, 1.165) is 19.3 Å². The van der Waals surface area contributed by atoms with Crippen LogP contribution in [0.4, 0.5) is 0 Å². The zero-order chi connectivity index (χ0) is 28.1. The van der Waals surface area contributed by atoms with Crippen LogP contribution in [0.25, 0.3) is 0 Å². The van der Waals surface area contributed by atoms with Gasteiger partial charge in [-0.3, -0.25) is 0 Å². The summed E-state index contributed by atoms with van der Waals surface area (Å²) in [5, 5.41) is 62.5. The molecule has 3 heterocycles. The molecule has 4 rings (SSSR count). The molecule has 1 aliphatic carbocycles. The molecule has 0 aromatic heterocycles. The Kier molecular flexibility index (Phi) is 11.8. The van der Waals surface area contributed by atoms with Crippen molar-refractivity contribution >= 4 is 0 Å². The van der Waals surface area contributed by atoms with Crippen molar-refractivity contribution in [2.75, 3.05) is 19.8 Å². The maximum atomic E-state index is 11.1. The second kappa shape index (κ2) is 14.6. The van der Waals surface area contributed by atoms with Crippen molar-refractivity contribution in [3.63, 3.8) is 0 Å². The molecule has 0 bridgehead atoms. The number of aliphatic hydroxyl groups excluding tert-OH is 6. The van der Waals surface area contributed by atoms with E-state index in [0.29, 0.717) is 32.0 Å². The lowest BCUT2D eigenvalue weighted by Gasteiger charge is -2.47. The Bertz CT molecular complexity index is 723. The van der Waals surface area contributed by atoms with Gasteiger partial charge in [-0.1, -0.05) is 39.0 Å². The van der Waals surface area contributed by atoms with Gasteiger partial charge in [-0.15, -0.1) is 0 Å². The van der Waals surface area contributed by atoms with Gasteiger partial charge in [0.2, 0.25) is 0 Å². The van der Waals surface area contributed by atoms with Crippen LogP contribution in [0.1, 0.15) is 65.2 Å². The van der Waals surface area contributed by atoms with Crippen molar-refractivity contribution in [1.82, 2.24) is 0 Å². The molecule has 0 spiro atoms. The average Bonchev–Trinajstić information content (AvgIpc) is 2.95. The summed E-state index contributed by atoms with van der Waals surface area (Å²) in [5.74, 6) is 0.569. The van der Waals surface area contributed by atoms with E-state index in [9.17, 15) is 30.6 Å². The number of ether oxygens (including phenoxy) is 6. The van der Waals surface area contributed by atoms with Crippen LogP contribution in [-0.2, 0) is 28.4 Å². The fourth-order valence-electron chi connectivity index (χ4n) is 6.17. The first-order chi connectivity index (χ1) is 18.7. The lowest BCUT2D eigenvalue weighted by molar-refractivity contribution is -0.354. The SMILES string of the molecule is CCC1OCCC(OC2OC(CO)C(O)C(OCCC3CCCCC3)C2O)C1OC1OC(C)C(O)C(O)C1O. The molecule has 1 saturated carbocycles. The molecule has 3 aliphatic heterocycles. The second-order valence-corrected chi connectivity index (χ2v) is 11.4. The zero-order valence-corrected chi connectivity index (χ0v) is 23.0. The molecule has 4 fully saturated rings. The normalized spacial score (nSPS) is 46.3. The Morgan fingerprint density at radius 3 is 2.15 bits per heavy atom. The van der Waals surface area contributed by atoms with Crippen molar-refractivity contribution in [3.8, 4) is 0 Å². The molecular formula is C27H48O12. The van der Waals surface area contributed by atoms with Crippen molar-refractivity contribution in [2.24, 2.45) is 5.92 Å². The van der Waals surface area contributed by atoms with Crippen LogP contribution < -0.4 is 0 Å². The van der Waals surface area contributed by atoms with Gasteiger partial charge in [0.1, 0.15) is 48.8 Å². The van der Waals surface area contributed by atoms with Crippen LogP contribution in [0.15, 0.2) is 0 Å². The number of rotatable bonds is 10. The van der Waals surface area contributed by atoms with Crippen LogP contribution in [0.2, 0.25) is 0 Å². The maximum absolute atomic E-state index is 11.1. The predicted molar refractivity (Wildman–Crippen MR) is 135 cm³/mol. The van der Waals surface area contributed by atoms with Crippen molar-refractivity contribution in [1.29, 1.82) is 0 Å². The fraction of sp³-hybridized carbons (Fsp3) is 1.00. The second-order valence-electron chi connectivity index (χ2n) is 11.4. The predicted octanol–water partition coefficient (Wildman–Crippen LogP) is -0.422. The Morgan fingerprint density at radius 1 is 0.744 bits per heavy atom. The highest BCUT2D eigenvalue weighted by molar-refractivity contribution is 4.93. The Balaban J connectivity index is 1.42. The molecule has 0 amide bonds. The minimum Gasteiger partial charge on any atom is -0.394 e. The zero-order valence-electron chi connectivity index (χ0n) is 23.0. The third kappa shape index (κ3) is 7.49. The number of aliphatic hydroxyl groups is 6. The fourth-order valence-corrected chi connectivity index (χ4v) is 6.17. The van der Waals surface area contributed by atoms with Crippen LogP contribution in [0, 0.1) is 5.92 Å². The summed E-state index contributed by atoms with van der Waals surface area (Å²) in [6, 6.07) is 0. The topological polar surface area (TPSA) is 177 Å². The lowest BCUT2D eigenvalue weighted by atomic mass is 9.87. The number of hydrogen-bond donors (Lipinski definition) is 6. The van der Waals surface area contributed by atoms with Crippen molar-refractivity contribution < 1.29 is 59.1 Å². The summed E-state index contributed by atoms with van der Waals surface area (Å²) in [6.07, 6.45) is -6.17. The molecule has 6 N–H and O–H groups in total. The molecule has 39 heavy (non-hydrogen) atoms. The van der Waals surface area contributed by atoms with E-state index in [1.54, 1.807) is 6.92 Å². The first kappa shape index (κ1) is 31.5. The van der Waals surface area contributed by atoms with E-state index in [1.165, 1.54) is 19.3 Å². The van der Waals surface area contributed by atoms with E-state index < -0.39 is 86.3 Å². The van der Waals surface area contributed by atoms with Crippen LogP contribution in [0.5, 0.6) is 0 Å². The molecular weight excluding hydrogens is 516 g/mol. The summed E-state index contributed by atoms with van der Waals surface area (Å²) >= 11 is 0. The van der Waals surface area contributed by atoms with Gasteiger partial charge in [-0.05, 0) is 32.1 Å². The van der Waals surface area contributed by atoms with Crippen LogP contribution >= 0.6 is 0 Å². The first-order valence-electron chi connectivity index (χ1n) is 14.6. The average molecular weight is 565 g/mol. The van der Waals surface area contributed by atoms with Gasteiger partial charge in [-0.2, -0.15) is 0 Å². The Morgan fingerprint density at radius 2 is 1.46 bits per heavy atom. The molecule has 0 radical (unpaired) electrons. The van der Waals surface area contributed by atoms with E-state index in [1.807, 2.05) is 6.92 Å². The van der Waals surface area contributed by atoms with Gasteiger partial charge in [0.05, 0.1) is 24.9 Å². The largest absolute Gasteiger partial charge is 0.394 e. The van der Waals surface area contributed by atoms with Gasteiger partial charge in [0, 0.05) is 13.2 Å². The smallest absolute Gasteiger partial charge is 0.187 e. The molecule has 4 aliphatic rings. The van der Waals surface area contributed by atoms with Gasteiger partial charge >= 0.3 is 0 Å². The summed E-state index contributed by atoms with van der Waals surface area (Å²) < 4.78 is 35.6. The van der Waals surface area contributed by atoms with E-state index in [2.05, 4.69) is 0 Å². The number of hydrogen-bond acceptors (Lipinski definition) is 12. The molecule has 3 saturated heterocycles. The van der Waals surface area contributed by atoms with Crippen LogP contribution in [0.3, 0.4) is 0 Å². The van der Waals surface area contributed by atoms with Gasteiger partial charge in [0.25, 0.3) is 0 Å². The minimum absolute atomic E-state index is 0.352. The summed E-state index contributed by atoms with van der Waals surface area (Å²) in [6.45, 7) is 3.72. The van der Waals surface area contributed by atoms with Crippen molar-refractivity contribution in [3.05, 3.63) is 0 Å². The van der Waals surface area contributed by atoms with Gasteiger partial charge < -0.3 is 59.1 Å². The standard InChI is InChI=1S/C27H48O12/c1-3-16-24(39-26-22(32)21(31)19(29)14(2)36-26)17(10-12-34-16)37-27-23(33)25(20(30)18(13-28)38-27)35-11-9-15-7-5-4-6-8-15/h14-33H,3-13H2,1-2H3. The Labute approximate surface area is 230 Å². The third-order valence-electron chi connectivity index (χ3n) is 8.66. The minimum atomic E-state index is -1.50. The highest BCUT2D eigenvalue weighted by atomic mass is 16.7. The lowest BCUT2D eigenvalue weighted by Crippen LogP contribution is -2.63. The third-order valence-corrected chi connectivity index (χ3v) is 8.66. The van der Waals surface area contributed by atoms with Crippen molar-refractivity contribution in [2.45, 2.75) is 145 Å². The molecule has 13 atom stereocenters. The quantitative estimate of drug-likeness (QED) is 0.202. The maximum Gasteiger partial charge on any atom is 0.187 e. The van der Waals surface area contributed by atoms with Gasteiger partial charge in [0.15, 0.2) is 12.6 Å². The summed E-state index contributed by atoms with van der Waals surface area (Å²) in [7, 11) is 0. The molecule has 12 heteroatoms. The first-order valence-corrected chi connectivity index (χ1v) is 14.6. The monoisotopic (exact) mass is 564 g/mol. The van der Waals surface area contributed by atoms with Gasteiger partial charge in [-0.25, -0.2) is 0 Å². The molecule has 228 valence electrons. The summed E-state index contributed by atoms with van der Waals surface area (Å²) in [4.78, 5) is 0. The molecule has 0 aromatic rings.